The van der Waals surface area contributed by atoms with Crippen LogP contribution in [-0.2, 0) is 0 Å². The lowest BCUT2D eigenvalue weighted by molar-refractivity contribution is 0.0943. The first kappa shape index (κ1) is 22.3. The van der Waals surface area contributed by atoms with Crippen LogP contribution in [0.25, 0.3) is 0 Å². The molecule has 1 fully saturated rings. The first-order chi connectivity index (χ1) is 15.4. The number of carbonyl (C=O) groups excluding carboxylic acids is 1. The molecule has 6 heteroatoms. The van der Waals surface area contributed by atoms with E-state index in [1.165, 1.54) is 5.56 Å². The van der Waals surface area contributed by atoms with Gasteiger partial charge in [0.1, 0.15) is 0 Å². The zero-order chi connectivity index (χ0) is 22.8. The van der Waals surface area contributed by atoms with Crippen LogP contribution in [0.3, 0.4) is 0 Å². The van der Waals surface area contributed by atoms with Gasteiger partial charge in [-0.25, -0.2) is 0 Å². The van der Waals surface area contributed by atoms with Crippen LogP contribution >= 0.6 is 0 Å². The lowest BCUT2D eigenvalue weighted by Crippen LogP contribution is -2.41. The van der Waals surface area contributed by atoms with Crippen molar-refractivity contribution in [1.82, 2.24) is 10.2 Å². The second-order valence-electron chi connectivity index (χ2n) is 8.93. The van der Waals surface area contributed by atoms with Crippen molar-refractivity contribution in [2.24, 2.45) is 4.99 Å². The fourth-order valence-corrected chi connectivity index (χ4v) is 4.67. The lowest BCUT2D eigenvalue weighted by atomic mass is 9.79. The fourth-order valence-electron chi connectivity index (χ4n) is 4.67. The number of methoxy groups -OCH3 is 1. The van der Waals surface area contributed by atoms with Crippen LogP contribution in [0.2, 0.25) is 0 Å². The van der Waals surface area contributed by atoms with Crippen LogP contribution in [-0.4, -0.2) is 62.5 Å². The van der Waals surface area contributed by atoms with Crippen molar-refractivity contribution in [1.29, 1.82) is 0 Å². The molecule has 2 atom stereocenters. The highest BCUT2D eigenvalue weighted by Crippen LogP contribution is 2.42. The molecule has 6 nitrogen and oxygen atoms in total. The molecule has 1 amide bonds. The van der Waals surface area contributed by atoms with E-state index >= 15 is 0 Å². The van der Waals surface area contributed by atoms with Crippen LogP contribution in [0.4, 0.5) is 0 Å². The molecule has 0 radical (unpaired) electrons. The number of nitrogens with one attached hydrogen (secondary N) is 1. The zero-order valence-electron chi connectivity index (χ0n) is 19.6. The summed E-state index contributed by atoms with van der Waals surface area (Å²) in [5, 5.41) is 2.94. The molecule has 170 valence electrons. The molecule has 0 spiro atoms. The van der Waals surface area contributed by atoms with Crippen molar-refractivity contribution in [3.8, 4) is 11.5 Å². The van der Waals surface area contributed by atoms with E-state index in [1.54, 1.807) is 7.11 Å². The van der Waals surface area contributed by atoms with Gasteiger partial charge in [0, 0.05) is 35.2 Å². The summed E-state index contributed by atoms with van der Waals surface area (Å²) >= 11 is 0. The molecular weight excluding hydrogens is 402 g/mol. The fraction of sp³-hybridized carbons (Fsp3) is 0.462. The molecule has 0 saturated carbocycles. The molecule has 2 aliphatic rings. The molecule has 1 saturated heterocycles. The van der Waals surface area contributed by atoms with Gasteiger partial charge < -0.3 is 19.7 Å². The van der Waals surface area contributed by atoms with E-state index in [1.807, 2.05) is 45.0 Å². The van der Waals surface area contributed by atoms with Crippen LogP contribution < -0.4 is 14.8 Å². The maximum absolute atomic E-state index is 12.4. The molecule has 0 unspecified atom stereocenters. The van der Waals surface area contributed by atoms with Crippen LogP contribution in [0.15, 0.2) is 41.4 Å². The van der Waals surface area contributed by atoms with E-state index in [0.29, 0.717) is 23.8 Å². The number of hydrogen-bond acceptors (Lipinski definition) is 5. The van der Waals surface area contributed by atoms with Gasteiger partial charge in [0.05, 0.1) is 25.5 Å². The second kappa shape index (κ2) is 9.33. The molecule has 1 N–H and O–H groups in total. The van der Waals surface area contributed by atoms with Gasteiger partial charge in [0.2, 0.25) is 0 Å². The average Bonchev–Trinajstić information content (AvgIpc) is 2.78. The summed E-state index contributed by atoms with van der Waals surface area (Å²) in [5.41, 5.74) is 4.97. The van der Waals surface area contributed by atoms with Gasteiger partial charge in [0.25, 0.3) is 5.91 Å². The maximum Gasteiger partial charge on any atom is 0.251 e. The molecule has 32 heavy (non-hydrogen) atoms. The van der Waals surface area contributed by atoms with Gasteiger partial charge in [-0.05, 0) is 70.6 Å². The van der Waals surface area contributed by atoms with Crippen LogP contribution in [0, 0.1) is 0 Å². The Bertz CT molecular complexity index is 1010. The molecule has 2 aliphatic heterocycles. The third-order valence-electron chi connectivity index (χ3n) is 6.20. The quantitative estimate of drug-likeness (QED) is 0.748. The summed E-state index contributed by atoms with van der Waals surface area (Å²) in [4.78, 5) is 20.0. The lowest BCUT2D eigenvalue weighted by Gasteiger charge is -2.39. The van der Waals surface area contributed by atoms with Crippen molar-refractivity contribution in [2.75, 3.05) is 33.9 Å². The largest absolute Gasteiger partial charge is 0.493 e. The van der Waals surface area contributed by atoms with E-state index in [9.17, 15) is 4.79 Å². The molecule has 2 aromatic carbocycles. The summed E-state index contributed by atoms with van der Waals surface area (Å²) < 4.78 is 11.5. The summed E-state index contributed by atoms with van der Waals surface area (Å²) in [6, 6.07) is 12.3. The monoisotopic (exact) mass is 435 g/mol. The van der Waals surface area contributed by atoms with Gasteiger partial charge >= 0.3 is 0 Å². The van der Waals surface area contributed by atoms with Gasteiger partial charge in [-0.1, -0.05) is 12.1 Å². The smallest absolute Gasteiger partial charge is 0.251 e. The molecule has 0 aromatic heterocycles. The number of rotatable bonds is 6. The number of fused-ring (bicyclic) bond motifs is 3. The zero-order valence-corrected chi connectivity index (χ0v) is 19.6. The van der Waals surface area contributed by atoms with Crippen molar-refractivity contribution >= 4 is 11.6 Å². The highest BCUT2D eigenvalue weighted by atomic mass is 16.5. The normalized spacial score (nSPS) is 20.2. The van der Waals surface area contributed by atoms with E-state index in [4.69, 9.17) is 14.5 Å². The highest BCUT2D eigenvalue weighted by molar-refractivity contribution is 6.15. The van der Waals surface area contributed by atoms with Crippen molar-refractivity contribution in [2.45, 2.75) is 45.2 Å². The van der Waals surface area contributed by atoms with Gasteiger partial charge in [0.15, 0.2) is 11.5 Å². The van der Waals surface area contributed by atoms with Crippen LogP contribution in [0.1, 0.15) is 60.2 Å². The second-order valence-corrected chi connectivity index (χ2v) is 8.93. The molecule has 2 aromatic rings. The Labute approximate surface area is 190 Å². The van der Waals surface area contributed by atoms with Gasteiger partial charge in [-0.2, -0.15) is 0 Å². The topological polar surface area (TPSA) is 63.2 Å². The number of piperidine rings is 1. The Hall–Kier alpha value is -2.86. The highest BCUT2D eigenvalue weighted by Gasteiger charge is 2.36. The molecule has 0 aliphatic carbocycles. The number of aliphatic imine (C=N–C) groups is 1. The predicted octanol–water partition coefficient (Wildman–Crippen LogP) is 3.87. The minimum Gasteiger partial charge on any atom is -0.493 e. The minimum atomic E-state index is -0.0593. The van der Waals surface area contributed by atoms with Gasteiger partial charge in [-0.3, -0.25) is 9.79 Å². The van der Waals surface area contributed by atoms with Crippen LogP contribution in [0.5, 0.6) is 11.5 Å². The number of hydrogen-bond donors (Lipinski definition) is 1. The Kier molecular flexibility index (Phi) is 6.51. The summed E-state index contributed by atoms with van der Waals surface area (Å²) in [6.07, 6.45) is 1.02. The van der Waals surface area contributed by atoms with Gasteiger partial charge in [-0.15, -0.1) is 0 Å². The average molecular weight is 436 g/mol. The third-order valence-corrected chi connectivity index (χ3v) is 6.20. The number of ether oxygens (including phenoxy) is 2. The van der Waals surface area contributed by atoms with E-state index in [0.717, 1.165) is 42.1 Å². The Morgan fingerprint density at radius 2 is 1.97 bits per heavy atom. The molecule has 2 heterocycles. The summed E-state index contributed by atoms with van der Waals surface area (Å²) in [5.74, 6) is 1.76. The SMILES string of the molecule is CCOc1cc2c(cc1OC)C(c1ccc(C(=O)NC(C)C)cc1)=N[C@@H]1CCN(C)C[C@H]21. The number of carbonyl (C=O) groups is 1. The molecule has 0 bridgehead atoms. The first-order valence-corrected chi connectivity index (χ1v) is 11.4. The number of likely N-dealkylation sites (tertiary alicyclic amines) is 1. The number of benzene rings is 2. The number of nitrogens with zero attached hydrogens (tertiary/aromatic N) is 2. The Morgan fingerprint density at radius 3 is 2.62 bits per heavy atom. The minimum absolute atomic E-state index is 0.0593. The van der Waals surface area contributed by atoms with Crippen molar-refractivity contribution in [3.63, 3.8) is 0 Å². The number of amides is 1. The van der Waals surface area contributed by atoms with Crippen molar-refractivity contribution < 1.29 is 14.3 Å². The number of likely N-dealkylation sites (N-methyl/N-ethyl adjacent to an activating group) is 1. The Balaban J connectivity index is 1.77. The Morgan fingerprint density at radius 1 is 1.22 bits per heavy atom. The van der Waals surface area contributed by atoms with Crippen molar-refractivity contribution in [3.05, 3.63) is 58.7 Å². The standard InChI is InChI=1S/C26H33N3O3/c1-6-32-24-13-19-20(14-23(24)31-5)25(28-22-11-12-29(4)15-21(19)22)17-7-9-18(10-8-17)26(30)27-16(2)3/h7-10,13-14,16,21-22H,6,11-12,15H2,1-5H3,(H,27,30)/t21-,22-/m1/s1. The van der Waals surface area contributed by atoms with E-state index < -0.39 is 0 Å². The predicted molar refractivity (Wildman–Crippen MR) is 127 cm³/mol. The van der Waals surface area contributed by atoms with E-state index in [2.05, 4.69) is 29.4 Å². The maximum atomic E-state index is 12.4. The first-order valence-electron chi connectivity index (χ1n) is 11.4. The molecular formula is C26H33N3O3. The van der Waals surface area contributed by atoms with E-state index in [-0.39, 0.29) is 18.0 Å². The third kappa shape index (κ3) is 4.37. The molecule has 4 rings (SSSR count). The summed E-state index contributed by atoms with van der Waals surface area (Å²) in [7, 11) is 3.84. The summed E-state index contributed by atoms with van der Waals surface area (Å²) in [6.45, 7) is 8.50.